The Morgan fingerprint density at radius 1 is 0.793 bits per heavy atom. The summed E-state index contributed by atoms with van der Waals surface area (Å²) in [5.41, 5.74) is 4.30. The van der Waals surface area contributed by atoms with Gasteiger partial charge in [-0.3, -0.25) is 4.90 Å². The quantitative estimate of drug-likeness (QED) is 0.422. The Balaban J connectivity index is 1.67. The Kier molecular flexibility index (Phi) is 6.11. The van der Waals surface area contributed by atoms with Gasteiger partial charge in [0.1, 0.15) is 10.6 Å². The predicted molar refractivity (Wildman–Crippen MR) is 124 cm³/mol. The van der Waals surface area contributed by atoms with Crippen molar-refractivity contribution in [3.8, 4) is 0 Å². The lowest BCUT2D eigenvalue weighted by Crippen LogP contribution is -2.27. The fourth-order valence-corrected chi connectivity index (χ4v) is 5.98. The van der Waals surface area contributed by atoms with Gasteiger partial charge in [-0.05, 0) is 49.3 Å². The highest BCUT2D eigenvalue weighted by molar-refractivity contribution is 9.15. The van der Waals surface area contributed by atoms with E-state index in [2.05, 4.69) is 73.7 Å². The third-order valence-electron chi connectivity index (χ3n) is 4.94. The van der Waals surface area contributed by atoms with E-state index in [1.807, 2.05) is 36.4 Å². The van der Waals surface area contributed by atoms with Crippen LogP contribution in [0.15, 0.2) is 99.9 Å². The molecule has 0 N–H and O–H groups in total. The predicted octanol–water partition coefficient (Wildman–Crippen LogP) is 5.92. The maximum absolute atomic E-state index is 13.2. The molecule has 148 valence electrons. The lowest BCUT2D eigenvalue weighted by atomic mass is 10.1. The molecule has 1 aliphatic heterocycles. The van der Waals surface area contributed by atoms with Crippen LogP contribution in [0.3, 0.4) is 0 Å². The third kappa shape index (κ3) is 4.75. The van der Waals surface area contributed by atoms with E-state index in [-0.39, 0.29) is 0 Å². The average molecular weight is 467 g/mol. The van der Waals surface area contributed by atoms with Crippen LogP contribution in [0, 0.1) is 0 Å². The van der Waals surface area contributed by atoms with Crippen LogP contribution in [-0.2, 0) is 23.2 Å². The summed E-state index contributed by atoms with van der Waals surface area (Å²) in [6.45, 7) is 2.20. The van der Waals surface area contributed by atoms with E-state index in [9.17, 15) is 4.55 Å². The van der Waals surface area contributed by atoms with Crippen molar-refractivity contribution in [1.29, 1.82) is 0 Å². The van der Waals surface area contributed by atoms with Crippen LogP contribution < -0.4 is 0 Å². The van der Waals surface area contributed by atoms with Crippen LogP contribution in [0.5, 0.6) is 0 Å². The van der Waals surface area contributed by atoms with Gasteiger partial charge in [-0.2, -0.15) is 0 Å². The summed E-state index contributed by atoms with van der Waals surface area (Å²) >= 11 is 3.74. The largest absolute Gasteiger partial charge is 0.626 e. The number of hydrogen-bond acceptors (Lipinski definition) is 3. The number of hydrogen-bond donors (Lipinski definition) is 0. The van der Waals surface area contributed by atoms with Crippen molar-refractivity contribution in [2.45, 2.75) is 18.0 Å². The zero-order chi connectivity index (χ0) is 20.3. The van der Waals surface area contributed by atoms with E-state index in [4.69, 9.17) is 0 Å². The molecule has 0 aliphatic carbocycles. The van der Waals surface area contributed by atoms with Crippen LogP contribution in [0.4, 0.5) is 0 Å². The molecule has 0 saturated heterocycles. The maximum Gasteiger partial charge on any atom is 0.144 e. The summed E-state index contributed by atoms with van der Waals surface area (Å²) < 4.78 is 18.9. The summed E-state index contributed by atoms with van der Waals surface area (Å²) in [6.07, 6.45) is 1.73. The Hall–Kier alpha value is -2.05. The van der Waals surface area contributed by atoms with Gasteiger partial charge in [0.2, 0.25) is 0 Å². The first-order chi connectivity index (χ1) is 14.0. The minimum absolute atomic E-state index is 0.615. The van der Waals surface area contributed by atoms with Crippen LogP contribution in [0.2, 0.25) is 0 Å². The van der Waals surface area contributed by atoms with Gasteiger partial charge >= 0.3 is 0 Å². The first kappa shape index (κ1) is 20.2. The summed E-state index contributed by atoms with van der Waals surface area (Å²) in [6, 6.07) is 28.7. The Morgan fingerprint density at radius 2 is 1.31 bits per heavy atom. The first-order valence-corrected chi connectivity index (χ1v) is 12.2. The molecule has 29 heavy (non-hydrogen) atoms. The Morgan fingerprint density at radius 3 is 1.90 bits per heavy atom. The first-order valence-electron chi connectivity index (χ1n) is 9.53. The number of fused-ring (bicyclic) bond motifs is 1. The van der Waals surface area contributed by atoms with Crippen molar-refractivity contribution < 1.29 is 4.55 Å². The molecule has 4 rings (SSSR count). The van der Waals surface area contributed by atoms with Gasteiger partial charge in [-0.1, -0.05) is 72.8 Å². The fraction of sp³-hybridized carbons (Fsp3) is 0.167. The standard InChI is InChI=1S/C24H23BrN2OS/c1-29(28)23-15-9-8-14-21(23)24(25)22(26-29)18-27(16-19-10-4-2-5-11-19)17-20-12-6-3-7-13-20/h2-15H,16-18H2,1H3. The molecule has 0 saturated carbocycles. The molecule has 1 aliphatic rings. The molecule has 3 aromatic rings. The molecular weight excluding hydrogens is 444 g/mol. The van der Waals surface area contributed by atoms with Gasteiger partial charge in [-0.25, -0.2) is 0 Å². The zero-order valence-electron chi connectivity index (χ0n) is 16.3. The summed E-state index contributed by atoms with van der Waals surface area (Å²) in [5, 5.41) is 0. The second-order valence-corrected chi connectivity index (χ2v) is 10.3. The summed E-state index contributed by atoms with van der Waals surface area (Å²) in [4.78, 5) is 3.14. The molecule has 5 heteroatoms. The zero-order valence-corrected chi connectivity index (χ0v) is 18.7. The van der Waals surface area contributed by atoms with E-state index in [0.29, 0.717) is 6.54 Å². The Bertz CT molecular complexity index is 1030. The van der Waals surface area contributed by atoms with Gasteiger partial charge in [-0.15, -0.1) is 4.36 Å². The van der Waals surface area contributed by atoms with E-state index >= 15 is 0 Å². The van der Waals surface area contributed by atoms with Gasteiger partial charge in [0, 0.05) is 25.2 Å². The van der Waals surface area contributed by atoms with Crippen molar-refractivity contribution >= 4 is 30.5 Å². The van der Waals surface area contributed by atoms with Gasteiger partial charge < -0.3 is 4.55 Å². The molecule has 0 spiro atoms. The minimum atomic E-state index is -2.46. The van der Waals surface area contributed by atoms with Crippen molar-refractivity contribution in [1.82, 2.24) is 4.90 Å². The normalized spacial score (nSPS) is 18.5. The highest BCUT2D eigenvalue weighted by Crippen LogP contribution is 2.39. The molecule has 0 bridgehead atoms. The number of benzene rings is 3. The van der Waals surface area contributed by atoms with Crippen LogP contribution in [0.1, 0.15) is 16.7 Å². The van der Waals surface area contributed by atoms with Gasteiger partial charge in [0.25, 0.3) is 0 Å². The van der Waals surface area contributed by atoms with Crippen LogP contribution in [-0.4, -0.2) is 22.3 Å². The molecule has 0 aromatic heterocycles. The maximum atomic E-state index is 13.2. The smallest absolute Gasteiger partial charge is 0.144 e. The fourth-order valence-electron chi connectivity index (χ4n) is 3.59. The highest BCUT2D eigenvalue weighted by atomic mass is 79.9. The SMILES string of the molecule is C[S+]1([O-])=NC(CN(Cc2ccccc2)Cc2ccccc2)=C(Br)c2ccccc21. The number of halogens is 1. The van der Waals surface area contributed by atoms with Crippen LogP contribution in [0.25, 0.3) is 4.48 Å². The topological polar surface area (TPSA) is 38.7 Å². The van der Waals surface area contributed by atoms with Crippen molar-refractivity contribution in [3.63, 3.8) is 0 Å². The second kappa shape index (κ2) is 8.76. The lowest BCUT2D eigenvalue weighted by Gasteiger charge is -2.28. The monoisotopic (exact) mass is 466 g/mol. The molecule has 3 nitrogen and oxygen atoms in total. The van der Waals surface area contributed by atoms with Crippen molar-refractivity contribution in [3.05, 3.63) is 107 Å². The van der Waals surface area contributed by atoms with E-state index in [1.165, 1.54) is 11.1 Å². The van der Waals surface area contributed by atoms with E-state index in [1.54, 1.807) is 6.26 Å². The number of nitrogens with zero attached hydrogens (tertiary/aromatic N) is 2. The molecule has 1 heterocycles. The lowest BCUT2D eigenvalue weighted by molar-refractivity contribution is 0.279. The minimum Gasteiger partial charge on any atom is -0.626 e. The second-order valence-electron chi connectivity index (χ2n) is 7.27. The molecule has 0 amide bonds. The molecule has 0 fully saturated rings. The average Bonchev–Trinajstić information content (AvgIpc) is 2.73. The van der Waals surface area contributed by atoms with Crippen molar-refractivity contribution in [2.75, 3.05) is 12.8 Å². The van der Waals surface area contributed by atoms with E-state index in [0.717, 1.165) is 33.7 Å². The molecule has 3 aromatic carbocycles. The molecule has 1 atom stereocenters. The third-order valence-corrected chi connectivity index (χ3v) is 7.57. The van der Waals surface area contributed by atoms with Crippen LogP contribution >= 0.6 is 15.9 Å². The van der Waals surface area contributed by atoms with Gasteiger partial charge in [0.15, 0.2) is 0 Å². The molecule has 0 radical (unpaired) electrons. The van der Waals surface area contributed by atoms with E-state index < -0.39 is 10.1 Å². The highest BCUT2D eigenvalue weighted by Gasteiger charge is 2.27. The number of rotatable bonds is 6. The molecular formula is C24H23BrN2OS. The Labute approximate surface area is 182 Å². The summed E-state index contributed by atoms with van der Waals surface area (Å²) in [5.74, 6) is 0. The molecule has 1 unspecified atom stereocenters. The van der Waals surface area contributed by atoms with Crippen molar-refractivity contribution in [2.24, 2.45) is 4.36 Å². The summed E-state index contributed by atoms with van der Waals surface area (Å²) in [7, 11) is -2.46. The van der Waals surface area contributed by atoms with Gasteiger partial charge in [0.05, 0.1) is 10.7 Å².